The van der Waals surface area contributed by atoms with Gasteiger partial charge < -0.3 is 24.2 Å². The summed E-state index contributed by atoms with van der Waals surface area (Å²) in [5.41, 5.74) is 4.44. The molecule has 166 valence electrons. The standard InChI is InChI=1S/C24H24N8O/c1-16-6-5-11-32-15-19(28-21(16)32)17-7-4-8-18(14-17)27-24(33)29-20(22-25-9-12-30(22)2)23-26-10-13-31(23)3/h4-15,20H,1-3H3,(H2,27,29,33). The lowest BCUT2D eigenvalue weighted by Crippen LogP contribution is -2.35. The van der Waals surface area contributed by atoms with E-state index in [-0.39, 0.29) is 6.03 Å². The highest BCUT2D eigenvalue weighted by Gasteiger charge is 2.24. The number of imidazole rings is 3. The van der Waals surface area contributed by atoms with Crippen LogP contribution in [0, 0.1) is 6.92 Å². The molecule has 5 rings (SSSR count). The van der Waals surface area contributed by atoms with Crippen molar-refractivity contribution in [3.63, 3.8) is 0 Å². The Morgan fingerprint density at radius 1 is 0.970 bits per heavy atom. The van der Waals surface area contributed by atoms with Crippen LogP contribution in [0.5, 0.6) is 0 Å². The number of nitrogens with one attached hydrogen (secondary N) is 2. The maximum absolute atomic E-state index is 13.0. The zero-order valence-electron chi connectivity index (χ0n) is 18.6. The summed E-state index contributed by atoms with van der Waals surface area (Å²) in [6.07, 6.45) is 11.0. The van der Waals surface area contributed by atoms with Gasteiger partial charge in [0.25, 0.3) is 0 Å². The maximum atomic E-state index is 13.0. The zero-order valence-corrected chi connectivity index (χ0v) is 18.6. The van der Waals surface area contributed by atoms with Crippen molar-refractivity contribution in [3.8, 4) is 11.3 Å². The van der Waals surface area contributed by atoms with Crippen LogP contribution in [0.15, 0.2) is 73.6 Å². The summed E-state index contributed by atoms with van der Waals surface area (Å²) in [7, 11) is 3.77. The Hall–Kier alpha value is -4.40. The van der Waals surface area contributed by atoms with E-state index in [2.05, 4.69) is 20.6 Å². The van der Waals surface area contributed by atoms with Crippen LogP contribution < -0.4 is 10.6 Å². The lowest BCUT2D eigenvalue weighted by molar-refractivity contribution is 0.249. The lowest BCUT2D eigenvalue weighted by Gasteiger charge is -2.19. The maximum Gasteiger partial charge on any atom is 0.320 e. The number of carbonyl (C=O) groups is 1. The molecule has 2 amide bonds. The Labute approximate surface area is 190 Å². The number of nitrogens with zero attached hydrogens (tertiary/aromatic N) is 6. The number of hydrogen-bond acceptors (Lipinski definition) is 4. The number of urea groups is 1. The monoisotopic (exact) mass is 440 g/mol. The predicted molar refractivity (Wildman–Crippen MR) is 126 cm³/mol. The molecule has 0 aliphatic heterocycles. The van der Waals surface area contributed by atoms with Crippen LogP contribution in [-0.4, -0.2) is 34.5 Å². The summed E-state index contributed by atoms with van der Waals surface area (Å²) in [6.45, 7) is 2.04. The molecule has 0 unspecified atom stereocenters. The van der Waals surface area contributed by atoms with Crippen LogP contribution in [-0.2, 0) is 14.1 Å². The van der Waals surface area contributed by atoms with Crippen molar-refractivity contribution in [2.24, 2.45) is 14.1 Å². The van der Waals surface area contributed by atoms with Gasteiger partial charge in [0.2, 0.25) is 0 Å². The molecule has 0 bridgehead atoms. The minimum Gasteiger partial charge on any atom is -0.336 e. The zero-order chi connectivity index (χ0) is 22.9. The summed E-state index contributed by atoms with van der Waals surface area (Å²) in [4.78, 5) is 26.5. The molecule has 0 atom stereocenters. The number of carbonyl (C=O) groups excluding carboxylic acids is 1. The van der Waals surface area contributed by atoms with Gasteiger partial charge in [0.1, 0.15) is 23.3 Å². The first-order valence-corrected chi connectivity index (χ1v) is 10.6. The van der Waals surface area contributed by atoms with Gasteiger partial charge >= 0.3 is 6.03 Å². The molecular weight excluding hydrogens is 416 g/mol. The SMILES string of the molecule is Cc1cccn2cc(-c3cccc(NC(=O)NC(c4nccn4C)c4nccn4C)c3)nc12. The first-order valence-electron chi connectivity index (χ1n) is 10.6. The second-order valence-electron chi connectivity index (χ2n) is 7.95. The molecule has 33 heavy (non-hydrogen) atoms. The first kappa shape index (κ1) is 20.5. The largest absolute Gasteiger partial charge is 0.336 e. The fourth-order valence-corrected chi connectivity index (χ4v) is 3.90. The van der Waals surface area contributed by atoms with Crippen molar-refractivity contribution in [1.29, 1.82) is 0 Å². The number of aromatic nitrogens is 6. The average molecular weight is 441 g/mol. The number of aryl methyl sites for hydroxylation is 3. The molecule has 9 nitrogen and oxygen atoms in total. The van der Waals surface area contributed by atoms with Gasteiger partial charge in [0.05, 0.1) is 5.69 Å². The number of pyridine rings is 1. The Bertz CT molecular complexity index is 1400. The quantitative estimate of drug-likeness (QED) is 0.436. The molecule has 2 N–H and O–H groups in total. The number of amides is 2. The Morgan fingerprint density at radius 2 is 1.70 bits per heavy atom. The van der Waals surface area contributed by atoms with Gasteiger partial charge in [-0.05, 0) is 30.7 Å². The van der Waals surface area contributed by atoms with Crippen LogP contribution in [0.1, 0.15) is 23.3 Å². The second-order valence-corrected chi connectivity index (χ2v) is 7.95. The second kappa shape index (κ2) is 8.27. The molecule has 0 spiro atoms. The van der Waals surface area contributed by atoms with Gasteiger partial charge in [-0.25, -0.2) is 19.7 Å². The van der Waals surface area contributed by atoms with Crippen molar-refractivity contribution in [1.82, 2.24) is 33.8 Å². The molecule has 0 aliphatic rings. The summed E-state index contributed by atoms with van der Waals surface area (Å²) in [5.74, 6) is 1.38. The van der Waals surface area contributed by atoms with E-state index in [1.165, 1.54) is 0 Å². The van der Waals surface area contributed by atoms with Crippen molar-refractivity contribution < 1.29 is 4.79 Å². The topological polar surface area (TPSA) is 94.1 Å². The van der Waals surface area contributed by atoms with Gasteiger partial charge in [-0.2, -0.15) is 0 Å². The molecule has 0 fully saturated rings. The van der Waals surface area contributed by atoms with Gasteiger partial charge in [-0.1, -0.05) is 18.2 Å². The molecular formula is C24H24N8O. The molecule has 4 aromatic heterocycles. The van der Waals surface area contributed by atoms with Crippen LogP contribution in [0.25, 0.3) is 16.9 Å². The predicted octanol–water partition coefficient (Wildman–Crippen LogP) is 3.69. The molecule has 4 heterocycles. The van der Waals surface area contributed by atoms with E-state index in [0.717, 1.165) is 22.5 Å². The Balaban J connectivity index is 1.38. The van der Waals surface area contributed by atoms with Gasteiger partial charge in [0, 0.05) is 62.5 Å². The van der Waals surface area contributed by atoms with Crippen molar-refractivity contribution in [3.05, 3.63) is 90.8 Å². The van der Waals surface area contributed by atoms with Gasteiger partial charge in [0.15, 0.2) is 0 Å². The number of fused-ring (bicyclic) bond motifs is 1. The van der Waals surface area contributed by atoms with E-state index in [1.807, 2.05) is 95.7 Å². The number of hydrogen-bond donors (Lipinski definition) is 2. The average Bonchev–Trinajstić information content (AvgIpc) is 3.53. The Morgan fingerprint density at radius 3 is 2.33 bits per heavy atom. The fraction of sp³-hybridized carbons (Fsp3) is 0.167. The van der Waals surface area contributed by atoms with Crippen molar-refractivity contribution in [2.75, 3.05) is 5.32 Å². The molecule has 0 saturated heterocycles. The molecule has 1 aromatic carbocycles. The number of anilines is 1. The third-order valence-electron chi connectivity index (χ3n) is 5.60. The summed E-state index contributed by atoms with van der Waals surface area (Å²) < 4.78 is 5.74. The minimum atomic E-state index is -0.505. The van der Waals surface area contributed by atoms with Gasteiger partial charge in [-0.3, -0.25) is 0 Å². The minimum absolute atomic E-state index is 0.353. The number of benzene rings is 1. The van der Waals surface area contributed by atoms with E-state index in [9.17, 15) is 4.79 Å². The lowest BCUT2D eigenvalue weighted by atomic mass is 10.1. The van der Waals surface area contributed by atoms with Crippen LogP contribution in [0.3, 0.4) is 0 Å². The number of rotatable bonds is 5. The molecule has 0 saturated carbocycles. The summed E-state index contributed by atoms with van der Waals surface area (Å²) in [6, 6.07) is 10.8. The summed E-state index contributed by atoms with van der Waals surface area (Å²) in [5, 5.41) is 5.94. The van der Waals surface area contributed by atoms with Crippen molar-refractivity contribution in [2.45, 2.75) is 13.0 Å². The van der Waals surface area contributed by atoms with E-state index in [1.54, 1.807) is 12.4 Å². The molecule has 5 aromatic rings. The van der Waals surface area contributed by atoms with E-state index in [4.69, 9.17) is 4.98 Å². The first-order chi connectivity index (χ1) is 16.0. The van der Waals surface area contributed by atoms with E-state index >= 15 is 0 Å². The van der Waals surface area contributed by atoms with E-state index < -0.39 is 6.04 Å². The third-order valence-corrected chi connectivity index (χ3v) is 5.60. The van der Waals surface area contributed by atoms with Crippen LogP contribution in [0.4, 0.5) is 10.5 Å². The molecule has 9 heteroatoms. The van der Waals surface area contributed by atoms with Gasteiger partial charge in [-0.15, -0.1) is 0 Å². The molecule has 0 radical (unpaired) electrons. The van der Waals surface area contributed by atoms with Crippen LogP contribution >= 0.6 is 0 Å². The van der Waals surface area contributed by atoms with Crippen molar-refractivity contribution >= 4 is 17.4 Å². The third kappa shape index (κ3) is 3.96. The highest BCUT2D eigenvalue weighted by atomic mass is 16.2. The smallest absolute Gasteiger partial charge is 0.320 e. The molecule has 0 aliphatic carbocycles. The van der Waals surface area contributed by atoms with E-state index in [0.29, 0.717) is 17.3 Å². The Kier molecular flexibility index (Phi) is 5.14. The fourth-order valence-electron chi connectivity index (χ4n) is 3.90. The highest BCUT2D eigenvalue weighted by Crippen LogP contribution is 2.24. The van der Waals surface area contributed by atoms with Crippen LogP contribution in [0.2, 0.25) is 0 Å². The highest BCUT2D eigenvalue weighted by molar-refractivity contribution is 5.90. The summed E-state index contributed by atoms with van der Waals surface area (Å²) >= 11 is 0. The normalized spacial score (nSPS) is 11.3.